The molecule has 0 atom stereocenters. The van der Waals surface area contributed by atoms with E-state index in [0.29, 0.717) is 18.0 Å². The standard InChI is InChI=1S/C11H11N3O2S/c1-2-16-9-5-3-8(4-6-9)12-11(15)10-7-17-14-13-10/h3-7H,2H2,1H3,(H,12,15). The Labute approximate surface area is 103 Å². The number of rotatable bonds is 4. The maximum Gasteiger partial charge on any atom is 0.277 e. The van der Waals surface area contributed by atoms with E-state index in [1.807, 2.05) is 6.92 Å². The summed E-state index contributed by atoms with van der Waals surface area (Å²) in [6, 6.07) is 7.17. The summed E-state index contributed by atoms with van der Waals surface area (Å²) in [4.78, 5) is 11.6. The topological polar surface area (TPSA) is 64.1 Å². The van der Waals surface area contributed by atoms with Crippen LogP contribution >= 0.6 is 11.5 Å². The largest absolute Gasteiger partial charge is 0.494 e. The Bertz CT molecular complexity index is 482. The highest BCUT2D eigenvalue weighted by Crippen LogP contribution is 2.16. The van der Waals surface area contributed by atoms with E-state index in [2.05, 4.69) is 14.9 Å². The summed E-state index contributed by atoms with van der Waals surface area (Å²) in [5, 5.41) is 8.02. The van der Waals surface area contributed by atoms with E-state index >= 15 is 0 Å². The summed E-state index contributed by atoms with van der Waals surface area (Å²) >= 11 is 1.15. The van der Waals surface area contributed by atoms with Crippen molar-refractivity contribution in [2.75, 3.05) is 11.9 Å². The molecule has 17 heavy (non-hydrogen) atoms. The smallest absolute Gasteiger partial charge is 0.277 e. The Morgan fingerprint density at radius 3 is 2.76 bits per heavy atom. The Morgan fingerprint density at radius 2 is 2.18 bits per heavy atom. The van der Waals surface area contributed by atoms with Crippen LogP contribution in [-0.2, 0) is 0 Å². The van der Waals surface area contributed by atoms with Crippen molar-refractivity contribution in [1.29, 1.82) is 0 Å². The van der Waals surface area contributed by atoms with Crippen LogP contribution in [0, 0.1) is 0 Å². The van der Waals surface area contributed by atoms with Gasteiger partial charge in [-0.1, -0.05) is 4.49 Å². The molecular weight excluding hydrogens is 238 g/mol. The van der Waals surface area contributed by atoms with Crippen LogP contribution in [0.15, 0.2) is 29.6 Å². The van der Waals surface area contributed by atoms with Gasteiger partial charge in [0.25, 0.3) is 5.91 Å². The number of anilines is 1. The molecule has 0 saturated heterocycles. The molecule has 6 heteroatoms. The van der Waals surface area contributed by atoms with Crippen LogP contribution in [0.25, 0.3) is 0 Å². The summed E-state index contributed by atoms with van der Waals surface area (Å²) < 4.78 is 8.94. The van der Waals surface area contributed by atoms with Crippen LogP contribution < -0.4 is 10.1 Å². The number of benzene rings is 1. The van der Waals surface area contributed by atoms with Crippen molar-refractivity contribution in [3.8, 4) is 5.75 Å². The first-order valence-electron chi connectivity index (χ1n) is 5.11. The maximum absolute atomic E-state index is 11.6. The Kier molecular flexibility index (Phi) is 3.66. The molecule has 2 aromatic rings. The number of nitrogens with zero attached hydrogens (tertiary/aromatic N) is 2. The molecule has 0 aliphatic rings. The number of hydrogen-bond donors (Lipinski definition) is 1. The second-order valence-electron chi connectivity index (χ2n) is 3.20. The van der Waals surface area contributed by atoms with Crippen molar-refractivity contribution in [2.24, 2.45) is 0 Å². The Balaban J connectivity index is 2.01. The third-order valence-electron chi connectivity index (χ3n) is 2.02. The maximum atomic E-state index is 11.6. The van der Waals surface area contributed by atoms with Crippen LogP contribution in [0.4, 0.5) is 5.69 Å². The highest BCUT2D eigenvalue weighted by atomic mass is 32.1. The second kappa shape index (κ2) is 5.40. The van der Waals surface area contributed by atoms with E-state index in [-0.39, 0.29) is 5.91 Å². The van der Waals surface area contributed by atoms with Gasteiger partial charge in [0.2, 0.25) is 0 Å². The van der Waals surface area contributed by atoms with Crippen LogP contribution in [0.5, 0.6) is 5.75 Å². The first-order valence-corrected chi connectivity index (χ1v) is 5.94. The zero-order valence-electron chi connectivity index (χ0n) is 9.21. The van der Waals surface area contributed by atoms with E-state index in [1.54, 1.807) is 29.6 Å². The average molecular weight is 249 g/mol. The molecule has 1 heterocycles. The van der Waals surface area contributed by atoms with Crippen molar-refractivity contribution in [2.45, 2.75) is 6.92 Å². The number of ether oxygens (including phenoxy) is 1. The fourth-order valence-corrected chi connectivity index (χ4v) is 1.70. The number of carbonyl (C=O) groups is 1. The van der Waals surface area contributed by atoms with Gasteiger partial charge in [-0.05, 0) is 42.7 Å². The molecule has 2 rings (SSSR count). The highest BCUT2D eigenvalue weighted by Gasteiger charge is 2.08. The molecule has 1 aromatic carbocycles. The van der Waals surface area contributed by atoms with Gasteiger partial charge in [0.15, 0.2) is 5.69 Å². The lowest BCUT2D eigenvalue weighted by atomic mass is 10.3. The van der Waals surface area contributed by atoms with Crippen molar-refractivity contribution < 1.29 is 9.53 Å². The fourth-order valence-electron chi connectivity index (χ4n) is 1.26. The van der Waals surface area contributed by atoms with Gasteiger partial charge in [-0.25, -0.2) is 0 Å². The molecule has 5 nitrogen and oxygen atoms in total. The van der Waals surface area contributed by atoms with Gasteiger partial charge in [-0.3, -0.25) is 4.79 Å². The Hall–Kier alpha value is -1.95. The minimum atomic E-state index is -0.261. The van der Waals surface area contributed by atoms with Gasteiger partial charge in [-0.15, -0.1) is 5.10 Å². The van der Waals surface area contributed by atoms with Crippen LogP contribution in [0.2, 0.25) is 0 Å². The van der Waals surface area contributed by atoms with E-state index in [1.165, 1.54) is 0 Å². The number of nitrogens with one attached hydrogen (secondary N) is 1. The molecule has 0 fully saturated rings. The monoisotopic (exact) mass is 249 g/mol. The zero-order chi connectivity index (χ0) is 12.1. The minimum absolute atomic E-state index is 0.261. The third kappa shape index (κ3) is 3.01. The lowest BCUT2D eigenvalue weighted by Crippen LogP contribution is -2.12. The molecule has 0 aliphatic carbocycles. The minimum Gasteiger partial charge on any atom is -0.494 e. The van der Waals surface area contributed by atoms with Crippen molar-refractivity contribution in [3.05, 3.63) is 35.3 Å². The van der Waals surface area contributed by atoms with Gasteiger partial charge in [0, 0.05) is 11.1 Å². The molecule has 0 aliphatic heterocycles. The molecule has 0 saturated carbocycles. The molecule has 0 spiro atoms. The highest BCUT2D eigenvalue weighted by molar-refractivity contribution is 7.03. The molecule has 0 radical (unpaired) electrons. The molecular formula is C11H11N3O2S. The summed E-state index contributed by atoms with van der Waals surface area (Å²) in [6.07, 6.45) is 0. The molecule has 1 aromatic heterocycles. The molecule has 1 N–H and O–H groups in total. The first-order chi connectivity index (χ1) is 8.29. The lowest BCUT2D eigenvalue weighted by molar-refractivity contribution is 0.102. The molecule has 88 valence electrons. The van der Waals surface area contributed by atoms with E-state index in [0.717, 1.165) is 17.3 Å². The molecule has 1 amide bonds. The number of amides is 1. The summed E-state index contributed by atoms with van der Waals surface area (Å²) in [6.45, 7) is 2.54. The van der Waals surface area contributed by atoms with Gasteiger partial charge in [-0.2, -0.15) is 0 Å². The first kappa shape index (κ1) is 11.5. The zero-order valence-corrected chi connectivity index (χ0v) is 10.0. The number of hydrogen-bond acceptors (Lipinski definition) is 5. The van der Waals surface area contributed by atoms with Crippen molar-refractivity contribution in [3.63, 3.8) is 0 Å². The van der Waals surface area contributed by atoms with Crippen LogP contribution in [-0.4, -0.2) is 22.1 Å². The van der Waals surface area contributed by atoms with E-state index in [9.17, 15) is 4.79 Å². The van der Waals surface area contributed by atoms with Crippen molar-refractivity contribution >= 4 is 23.1 Å². The average Bonchev–Trinajstić information content (AvgIpc) is 2.86. The van der Waals surface area contributed by atoms with E-state index in [4.69, 9.17) is 4.74 Å². The van der Waals surface area contributed by atoms with E-state index < -0.39 is 0 Å². The second-order valence-corrected chi connectivity index (χ2v) is 3.81. The fraction of sp³-hybridized carbons (Fsp3) is 0.182. The van der Waals surface area contributed by atoms with Crippen LogP contribution in [0.3, 0.4) is 0 Å². The quantitative estimate of drug-likeness (QED) is 0.902. The summed E-state index contributed by atoms with van der Waals surface area (Å²) in [5.74, 6) is 0.517. The predicted octanol–water partition coefficient (Wildman–Crippen LogP) is 2.19. The molecule has 0 bridgehead atoms. The lowest BCUT2D eigenvalue weighted by Gasteiger charge is -2.05. The number of carbonyl (C=O) groups excluding carboxylic acids is 1. The third-order valence-corrected chi connectivity index (χ3v) is 2.52. The van der Waals surface area contributed by atoms with Gasteiger partial charge in [0.1, 0.15) is 5.75 Å². The van der Waals surface area contributed by atoms with Gasteiger partial charge in [0.05, 0.1) is 6.61 Å². The predicted molar refractivity (Wildman–Crippen MR) is 65.5 cm³/mol. The van der Waals surface area contributed by atoms with Crippen LogP contribution in [0.1, 0.15) is 17.4 Å². The van der Waals surface area contributed by atoms with Gasteiger partial charge >= 0.3 is 0 Å². The van der Waals surface area contributed by atoms with Crippen molar-refractivity contribution in [1.82, 2.24) is 9.59 Å². The summed E-state index contributed by atoms with van der Waals surface area (Å²) in [5.41, 5.74) is 1.02. The Morgan fingerprint density at radius 1 is 1.41 bits per heavy atom. The SMILES string of the molecule is CCOc1ccc(NC(=O)c2csnn2)cc1. The number of aromatic nitrogens is 2. The summed E-state index contributed by atoms with van der Waals surface area (Å²) in [7, 11) is 0. The normalized spacial score (nSPS) is 9.94. The molecule has 0 unspecified atom stereocenters. The van der Waals surface area contributed by atoms with Gasteiger partial charge < -0.3 is 10.1 Å².